The van der Waals surface area contributed by atoms with Crippen molar-refractivity contribution in [3.8, 4) is 0 Å². The molecule has 6 rings (SSSR count). The number of hydrogen-bond acceptors (Lipinski definition) is 7. The zero-order valence-corrected chi connectivity index (χ0v) is 18.6. The molecule has 8 heteroatoms. The van der Waals surface area contributed by atoms with Crippen LogP contribution in [-0.2, 0) is 29.2 Å². The van der Waals surface area contributed by atoms with E-state index in [1.165, 1.54) is 21.3 Å². The van der Waals surface area contributed by atoms with Crippen LogP contribution in [0.4, 0.5) is 10.5 Å². The number of anilines is 1. The van der Waals surface area contributed by atoms with E-state index in [9.17, 15) is 14.4 Å². The maximum Gasteiger partial charge on any atom is 0.414 e. The van der Waals surface area contributed by atoms with Gasteiger partial charge in [0.15, 0.2) is 0 Å². The molecule has 0 N–H and O–H groups in total. The van der Waals surface area contributed by atoms with Crippen LogP contribution in [0, 0.1) is 5.92 Å². The zero-order valence-electron chi connectivity index (χ0n) is 18.6. The smallest absolute Gasteiger partial charge is 0.414 e. The highest BCUT2D eigenvalue weighted by Crippen LogP contribution is 2.65. The summed E-state index contributed by atoms with van der Waals surface area (Å²) in [5.74, 6) is -1.61. The summed E-state index contributed by atoms with van der Waals surface area (Å²) in [5, 5.41) is 0. The first-order valence-electron chi connectivity index (χ1n) is 11.0. The van der Waals surface area contributed by atoms with Crippen molar-refractivity contribution in [1.82, 2.24) is 4.90 Å². The molecule has 0 radical (unpaired) electrons. The monoisotopic (exact) mass is 440 g/mol. The first kappa shape index (κ1) is 21.0. The van der Waals surface area contributed by atoms with Gasteiger partial charge in [-0.2, -0.15) is 0 Å². The molecule has 1 aliphatic carbocycles. The van der Waals surface area contributed by atoms with Gasteiger partial charge in [0.05, 0.1) is 38.5 Å². The summed E-state index contributed by atoms with van der Waals surface area (Å²) in [6, 6.07) is 7.37. The van der Waals surface area contributed by atoms with Crippen LogP contribution in [0.15, 0.2) is 36.4 Å². The van der Waals surface area contributed by atoms with Crippen molar-refractivity contribution >= 4 is 23.7 Å². The number of benzene rings is 1. The number of carbonyl (C=O) groups is 3. The lowest BCUT2D eigenvalue weighted by Gasteiger charge is -2.60. The van der Waals surface area contributed by atoms with E-state index in [4.69, 9.17) is 14.2 Å². The number of rotatable bonds is 2. The molecule has 3 fully saturated rings. The maximum atomic E-state index is 13.8. The molecule has 2 saturated heterocycles. The van der Waals surface area contributed by atoms with Gasteiger partial charge in [0, 0.05) is 18.6 Å². The van der Waals surface area contributed by atoms with Gasteiger partial charge in [0.2, 0.25) is 0 Å². The summed E-state index contributed by atoms with van der Waals surface area (Å²) in [6.07, 6.45) is 5.74. The fourth-order valence-electron chi connectivity index (χ4n) is 7.08. The third-order valence-corrected chi connectivity index (χ3v) is 8.33. The molecule has 5 aliphatic rings. The topological polar surface area (TPSA) is 85.4 Å². The Morgan fingerprint density at radius 1 is 1.00 bits per heavy atom. The molecule has 0 unspecified atom stereocenters. The van der Waals surface area contributed by atoms with Crippen LogP contribution in [-0.4, -0.2) is 68.4 Å². The highest BCUT2D eigenvalue weighted by Gasteiger charge is 2.75. The van der Waals surface area contributed by atoms with Crippen LogP contribution in [0.5, 0.6) is 0 Å². The van der Waals surface area contributed by atoms with E-state index < -0.39 is 34.9 Å². The Bertz CT molecular complexity index is 1020. The molecule has 1 amide bonds. The lowest BCUT2D eigenvalue weighted by Crippen LogP contribution is -2.74. The predicted octanol–water partition coefficient (Wildman–Crippen LogP) is 2.41. The molecule has 1 saturated carbocycles. The average molecular weight is 440 g/mol. The molecule has 32 heavy (non-hydrogen) atoms. The summed E-state index contributed by atoms with van der Waals surface area (Å²) in [6.45, 7) is 1.40. The quantitative estimate of drug-likeness (QED) is 0.397. The van der Waals surface area contributed by atoms with Gasteiger partial charge in [-0.3, -0.25) is 19.4 Å². The van der Waals surface area contributed by atoms with Gasteiger partial charge in [-0.1, -0.05) is 30.4 Å². The van der Waals surface area contributed by atoms with Crippen molar-refractivity contribution in [2.75, 3.05) is 39.3 Å². The summed E-state index contributed by atoms with van der Waals surface area (Å²) in [7, 11) is 4.04. The Hall–Kier alpha value is -2.87. The van der Waals surface area contributed by atoms with E-state index >= 15 is 0 Å². The molecule has 4 atom stereocenters. The van der Waals surface area contributed by atoms with E-state index in [1.54, 1.807) is 4.90 Å². The van der Waals surface area contributed by atoms with Crippen LogP contribution in [0.3, 0.4) is 0 Å². The van der Waals surface area contributed by atoms with Crippen LogP contribution in [0.25, 0.3) is 0 Å². The normalized spacial score (nSPS) is 34.7. The molecule has 1 aromatic carbocycles. The number of nitrogens with zero attached hydrogens (tertiary/aromatic N) is 2. The minimum Gasteiger partial charge on any atom is -0.469 e. The van der Waals surface area contributed by atoms with Crippen molar-refractivity contribution in [3.05, 3.63) is 42.0 Å². The highest BCUT2D eigenvalue weighted by molar-refractivity contribution is 6.03. The van der Waals surface area contributed by atoms with Gasteiger partial charge in [-0.25, -0.2) is 4.79 Å². The summed E-state index contributed by atoms with van der Waals surface area (Å²) >= 11 is 0. The number of fused-ring (bicyclic) bond motifs is 4. The number of hydrogen-bond donors (Lipinski definition) is 0. The van der Waals surface area contributed by atoms with E-state index in [-0.39, 0.29) is 5.54 Å². The second kappa shape index (κ2) is 7.07. The number of amides is 1. The molecular formula is C24H28N2O6. The van der Waals surface area contributed by atoms with Gasteiger partial charge >= 0.3 is 18.0 Å². The fourth-order valence-corrected chi connectivity index (χ4v) is 7.08. The Balaban J connectivity index is 1.86. The standard InChI is InChI=1S/C24H28N2O6/c1-30-19(27)17-15-22-9-6-13-25(22)14-12-23(20(28)31-2)16-7-4-5-8-18(16)26(21(29)32-3)24(17,23)11-10-22/h4-9,17H,10-15H2,1-3H3/t17-,22+,23+,24+/m0/s1. The van der Waals surface area contributed by atoms with E-state index in [1.807, 2.05) is 24.3 Å². The summed E-state index contributed by atoms with van der Waals surface area (Å²) in [4.78, 5) is 44.4. The Labute approximate surface area is 187 Å². The molecule has 4 heterocycles. The third-order valence-electron chi connectivity index (χ3n) is 8.33. The summed E-state index contributed by atoms with van der Waals surface area (Å²) < 4.78 is 15.9. The lowest BCUT2D eigenvalue weighted by atomic mass is 9.51. The Morgan fingerprint density at radius 3 is 2.50 bits per heavy atom. The first-order chi connectivity index (χ1) is 15.4. The van der Waals surface area contributed by atoms with Crippen LogP contribution in [0.2, 0.25) is 0 Å². The second-order valence-electron chi connectivity index (χ2n) is 9.13. The van der Waals surface area contributed by atoms with Gasteiger partial charge in [0.25, 0.3) is 0 Å². The van der Waals surface area contributed by atoms with Crippen LogP contribution >= 0.6 is 0 Å². The molecule has 0 aromatic heterocycles. The van der Waals surface area contributed by atoms with E-state index in [0.29, 0.717) is 43.5 Å². The zero-order chi connectivity index (χ0) is 22.7. The Kier molecular flexibility index (Phi) is 4.64. The minimum atomic E-state index is -1.22. The van der Waals surface area contributed by atoms with Crippen LogP contribution in [0.1, 0.15) is 31.2 Å². The van der Waals surface area contributed by atoms with Crippen molar-refractivity contribution in [2.45, 2.75) is 42.2 Å². The molecular weight excluding hydrogens is 412 g/mol. The summed E-state index contributed by atoms with van der Waals surface area (Å²) in [5.41, 5.74) is -1.40. The minimum absolute atomic E-state index is 0.289. The van der Waals surface area contributed by atoms with Gasteiger partial charge in [0.1, 0.15) is 5.41 Å². The molecule has 170 valence electrons. The van der Waals surface area contributed by atoms with Crippen molar-refractivity contribution in [3.63, 3.8) is 0 Å². The number of ether oxygens (including phenoxy) is 3. The van der Waals surface area contributed by atoms with E-state index in [0.717, 1.165) is 6.54 Å². The van der Waals surface area contributed by atoms with Gasteiger partial charge < -0.3 is 14.2 Å². The highest BCUT2D eigenvalue weighted by atomic mass is 16.5. The number of esters is 2. The molecule has 4 aliphatic heterocycles. The molecule has 2 bridgehead atoms. The van der Waals surface area contributed by atoms with Crippen molar-refractivity contribution < 1.29 is 28.6 Å². The SMILES string of the molecule is COC(=O)[C@@H]1C[C@]23C=CCN2CC[C@]2(C(=O)OC)c4ccccc4N(C(=O)OC)[C@]12CC3. The first-order valence-corrected chi connectivity index (χ1v) is 11.0. The number of methoxy groups -OCH3 is 3. The Morgan fingerprint density at radius 2 is 1.78 bits per heavy atom. The van der Waals surface area contributed by atoms with Gasteiger partial charge in [-0.15, -0.1) is 0 Å². The maximum absolute atomic E-state index is 13.8. The van der Waals surface area contributed by atoms with Crippen LogP contribution < -0.4 is 4.90 Å². The van der Waals surface area contributed by atoms with Gasteiger partial charge in [-0.05, 0) is 37.3 Å². The second-order valence-corrected chi connectivity index (χ2v) is 9.13. The third kappa shape index (κ3) is 2.28. The molecule has 8 nitrogen and oxygen atoms in total. The van der Waals surface area contributed by atoms with Crippen molar-refractivity contribution in [1.29, 1.82) is 0 Å². The lowest BCUT2D eigenvalue weighted by molar-refractivity contribution is -0.164. The fraction of sp³-hybridized carbons (Fsp3) is 0.542. The molecule has 2 spiro atoms. The number of para-hydroxylation sites is 1. The number of carbonyl (C=O) groups excluding carboxylic acids is 3. The van der Waals surface area contributed by atoms with E-state index in [2.05, 4.69) is 17.1 Å². The predicted molar refractivity (Wildman–Crippen MR) is 115 cm³/mol. The molecule has 1 aromatic rings. The van der Waals surface area contributed by atoms with Crippen molar-refractivity contribution in [2.24, 2.45) is 5.92 Å². The average Bonchev–Trinajstić information content (AvgIpc) is 3.30. The largest absolute Gasteiger partial charge is 0.469 e.